The zero-order valence-electron chi connectivity index (χ0n) is 9.36. The number of nitro groups is 1. The first-order valence-corrected chi connectivity index (χ1v) is 4.77. The average Bonchev–Trinajstić information content (AvgIpc) is 2.35. The molecule has 7 heteroatoms. The van der Waals surface area contributed by atoms with Crippen molar-refractivity contribution in [2.45, 2.75) is 13.0 Å². The van der Waals surface area contributed by atoms with Crippen LogP contribution in [0.15, 0.2) is 34.5 Å². The van der Waals surface area contributed by atoms with Gasteiger partial charge in [0.05, 0.1) is 17.7 Å². The number of azo groups is 1. The Bertz CT molecular complexity index is 459. The van der Waals surface area contributed by atoms with E-state index < -0.39 is 16.9 Å². The Hall–Kier alpha value is -2.31. The molecule has 0 fully saturated rings. The van der Waals surface area contributed by atoms with Crippen molar-refractivity contribution in [3.63, 3.8) is 0 Å². The van der Waals surface area contributed by atoms with Gasteiger partial charge in [0.15, 0.2) is 6.04 Å². The van der Waals surface area contributed by atoms with Crippen molar-refractivity contribution in [1.29, 1.82) is 0 Å². The number of nitro benzene ring substituents is 1. The number of non-ortho nitro benzene ring substituents is 1. The van der Waals surface area contributed by atoms with Crippen LogP contribution in [0, 0.1) is 10.1 Å². The number of methoxy groups -OCH3 is 1. The van der Waals surface area contributed by atoms with Gasteiger partial charge in [0.25, 0.3) is 5.69 Å². The number of hydrogen-bond acceptors (Lipinski definition) is 6. The van der Waals surface area contributed by atoms with Gasteiger partial charge >= 0.3 is 5.97 Å². The van der Waals surface area contributed by atoms with E-state index in [-0.39, 0.29) is 5.69 Å². The molecule has 90 valence electrons. The smallest absolute Gasteiger partial charge is 0.332 e. The molecule has 7 nitrogen and oxygen atoms in total. The lowest BCUT2D eigenvalue weighted by atomic mass is 10.3. The quantitative estimate of drug-likeness (QED) is 0.347. The molecule has 1 aromatic rings. The fourth-order valence-electron chi connectivity index (χ4n) is 1.04. The fourth-order valence-corrected chi connectivity index (χ4v) is 1.04. The van der Waals surface area contributed by atoms with Crippen LogP contribution < -0.4 is 0 Å². The highest BCUT2D eigenvalue weighted by Gasteiger charge is 2.11. The molecule has 1 rings (SSSR count). The summed E-state index contributed by atoms with van der Waals surface area (Å²) < 4.78 is 4.46. The second kappa shape index (κ2) is 5.69. The summed E-state index contributed by atoms with van der Waals surface area (Å²) >= 11 is 0. The van der Waals surface area contributed by atoms with E-state index in [1.165, 1.54) is 32.2 Å². The maximum absolute atomic E-state index is 11.0. The lowest BCUT2D eigenvalue weighted by molar-refractivity contribution is -0.384. The van der Waals surface area contributed by atoms with E-state index in [4.69, 9.17) is 0 Å². The minimum absolute atomic E-state index is 0.0767. The molecule has 0 heterocycles. The average molecular weight is 237 g/mol. The van der Waals surface area contributed by atoms with Crippen LogP contribution in [-0.4, -0.2) is 24.0 Å². The minimum atomic E-state index is -0.737. The largest absolute Gasteiger partial charge is 0.467 e. The Morgan fingerprint density at radius 3 is 2.82 bits per heavy atom. The van der Waals surface area contributed by atoms with Crippen molar-refractivity contribution in [2.24, 2.45) is 10.2 Å². The molecule has 0 N–H and O–H groups in total. The summed E-state index contributed by atoms with van der Waals surface area (Å²) in [5, 5.41) is 17.9. The first kappa shape index (κ1) is 12.8. The third kappa shape index (κ3) is 3.63. The van der Waals surface area contributed by atoms with Crippen molar-refractivity contribution in [1.82, 2.24) is 0 Å². The molecule has 0 aliphatic rings. The summed E-state index contributed by atoms with van der Waals surface area (Å²) in [6.07, 6.45) is 0. The van der Waals surface area contributed by atoms with E-state index in [2.05, 4.69) is 15.0 Å². The van der Waals surface area contributed by atoms with Crippen molar-refractivity contribution >= 4 is 17.3 Å². The van der Waals surface area contributed by atoms with Gasteiger partial charge in [0.1, 0.15) is 0 Å². The maximum atomic E-state index is 11.0. The summed E-state index contributed by atoms with van der Waals surface area (Å²) in [5.41, 5.74) is 0.238. The standard InChI is InChI=1S/C10H11N3O4/c1-7(10(14)17-2)11-12-8-4-3-5-9(6-8)13(15)16/h3-7H,1-2H3. The topological polar surface area (TPSA) is 94.2 Å². The number of ether oxygens (including phenoxy) is 1. The lowest BCUT2D eigenvalue weighted by Gasteiger charge is -2.01. The first-order chi connectivity index (χ1) is 8.04. The number of benzene rings is 1. The van der Waals surface area contributed by atoms with Crippen molar-refractivity contribution < 1.29 is 14.5 Å². The van der Waals surface area contributed by atoms with Gasteiger partial charge in [0, 0.05) is 12.1 Å². The van der Waals surface area contributed by atoms with Crippen LogP contribution in [0.4, 0.5) is 11.4 Å². The van der Waals surface area contributed by atoms with Crippen LogP contribution in [0.5, 0.6) is 0 Å². The Morgan fingerprint density at radius 1 is 1.53 bits per heavy atom. The van der Waals surface area contributed by atoms with Gasteiger partial charge in [-0.15, -0.1) is 0 Å². The number of hydrogen-bond donors (Lipinski definition) is 0. The van der Waals surface area contributed by atoms with E-state index in [9.17, 15) is 14.9 Å². The van der Waals surface area contributed by atoms with E-state index in [0.29, 0.717) is 5.69 Å². The molecule has 17 heavy (non-hydrogen) atoms. The molecule has 1 unspecified atom stereocenters. The molecule has 0 spiro atoms. The van der Waals surface area contributed by atoms with Gasteiger partial charge < -0.3 is 4.74 Å². The van der Waals surface area contributed by atoms with Crippen LogP contribution in [0.1, 0.15) is 6.92 Å². The zero-order chi connectivity index (χ0) is 12.8. The predicted molar refractivity (Wildman–Crippen MR) is 59.1 cm³/mol. The van der Waals surface area contributed by atoms with E-state index in [1.54, 1.807) is 6.07 Å². The summed E-state index contributed by atoms with van der Waals surface area (Å²) in [7, 11) is 1.25. The Labute approximate surface area is 97.3 Å². The maximum Gasteiger partial charge on any atom is 0.332 e. The number of nitrogens with zero attached hydrogens (tertiary/aromatic N) is 3. The summed E-state index contributed by atoms with van der Waals surface area (Å²) in [6, 6.07) is 4.94. The third-order valence-electron chi connectivity index (χ3n) is 1.93. The zero-order valence-corrected chi connectivity index (χ0v) is 9.36. The number of carbonyl (C=O) groups is 1. The van der Waals surface area contributed by atoms with Gasteiger partial charge in [-0.25, -0.2) is 4.79 Å². The minimum Gasteiger partial charge on any atom is -0.467 e. The summed E-state index contributed by atoms with van der Waals surface area (Å²) in [4.78, 5) is 21.0. The summed E-state index contributed by atoms with van der Waals surface area (Å²) in [5.74, 6) is -0.515. The van der Waals surface area contributed by atoms with Crippen molar-refractivity contribution in [3.8, 4) is 0 Å². The van der Waals surface area contributed by atoms with Crippen LogP contribution in [0.25, 0.3) is 0 Å². The van der Waals surface area contributed by atoms with Gasteiger partial charge in [-0.05, 0) is 13.0 Å². The lowest BCUT2D eigenvalue weighted by Crippen LogP contribution is -2.15. The van der Waals surface area contributed by atoms with Crippen molar-refractivity contribution in [2.75, 3.05) is 7.11 Å². The SMILES string of the molecule is COC(=O)C(C)N=Nc1cccc([N+](=O)[O-])c1. The molecule has 0 saturated carbocycles. The molecule has 0 bridgehead atoms. The molecular weight excluding hydrogens is 226 g/mol. The molecule has 1 atom stereocenters. The van der Waals surface area contributed by atoms with Crippen molar-refractivity contribution in [3.05, 3.63) is 34.4 Å². The van der Waals surface area contributed by atoms with E-state index in [0.717, 1.165) is 0 Å². The van der Waals surface area contributed by atoms with Crippen LogP contribution in [0.2, 0.25) is 0 Å². The second-order valence-electron chi connectivity index (χ2n) is 3.19. The number of esters is 1. The van der Waals surface area contributed by atoms with Gasteiger partial charge in [-0.1, -0.05) is 6.07 Å². The molecule has 0 aliphatic heterocycles. The Balaban J connectivity index is 2.81. The highest BCUT2D eigenvalue weighted by molar-refractivity contribution is 5.75. The number of rotatable bonds is 4. The highest BCUT2D eigenvalue weighted by Crippen LogP contribution is 2.20. The number of carbonyl (C=O) groups excluding carboxylic acids is 1. The van der Waals surface area contributed by atoms with Gasteiger partial charge in [-0.2, -0.15) is 10.2 Å². The molecule has 0 aliphatic carbocycles. The van der Waals surface area contributed by atoms with E-state index in [1.807, 2.05) is 0 Å². The molecule has 0 amide bonds. The molecule has 0 saturated heterocycles. The molecular formula is C10H11N3O4. The summed E-state index contributed by atoms with van der Waals surface area (Å²) in [6.45, 7) is 1.52. The first-order valence-electron chi connectivity index (χ1n) is 4.77. The molecule has 1 aromatic carbocycles. The van der Waals surface area contributed by atoms with Crippen LogP contribution >= 0.6 is 0 Å². The highest BCUT2D eigenvalue weighted by atomic mass is 16.6. The van der Waals surface area contributed by atoms with E-state index >= 15 is 0 Å². The normalized spacial score (nSPS) is 12.4. The Kier molecular flexibility index (Phi) is 4.27. The fraction of sp³-hybridized carbons (Fsp3) is 0.300. The van der Waals surface area contributed by atoms with Crippen LogP contribution in [-0.2, 0) is 9.53 Å². The Morgan fingerprint density at radius 2 is 2.24 bits per heavy atom. The molecule has 0 radical (unpaired) electrons. The van der Waals surface area contributed by atoms with Gasteiger partial charge in [-0.3, -0.25) is 10.1 Å². The molecule has 0 aromatic heterocycles. The monoisotopic (exact) mass is 237 g/mol. The van der Waals surface area contributed by atoms with Gasteiger partial charge in [0.2, 0.25) is 0 Å². The predicted octanol–water partition coefficient (Wildman–Crippen LogP) is 2.24. The second-order valence-corrected chi connectivity index (χ2v) is 3.19. The van der Waals surface area contributed by atoms with Crippen LogP contribution in [0.3, 0.4) is 0 Å². The third-order valence-corrected chi connectivity index (χ3v) is 1.93.